The molecular formula is C28H26N4O5. The molecule has 9 nitrogen and oxygen atoms in total. The number of aryl methyl sites for hydroxylation is 1. The number of aromatic nitrogens is 2. The van der Waals surface area contributed by atoms with Crippen LogP contribution in [0.3, 0.4) is 0 Å². The number of methoxy groups -OCH3 is 1. The molecule has 37 heavy (non-hydrogen) atoms. The van der Waals surface area contributed by atoms with Crippen molar-refractivity contribution >= 4 is 29.2 Å². The molecule has 0 saturated carbocycles. The van der Waals surface area contributed by atoms with Crippen LogP contribution in [-0.2, 0) is 20.7 Å². The number of para-hydroxylation sites is 3. The van der Waals surface area contributed by atoms with Crippen LogP contribution < -0.4 is 15.4 Å². The highest BCUT2D eigenvalue weighted by Crippen LogP contribution is 2.24. The number of rotatable bonds is 10. The molecule has 1 heterocycles. The molecule has 3 aromatic carbocycles. The number of anilines is 2. The summed E-state index contributed by atoms with van der Waals surface area (Å²) < 4.78 is 12.1. The summed E-state index contributed by atoms with van der Waals surface area (Å²) in [5.74, 6) is -0.718. The first-order valence-electron chi connectivity index (χ1n) is 11.6. The van der Waals surface area contributed by atoms with Gasteiger partial charge >= 0.3 is 5.97 Å². The average molecular weight is 499 g/mol. The zero-order valence-corrected chi connectivity index (χ0v) is 20.2. The molecule has 0 saturated heterocycles. The molecule has 4 rings (SSSR count). The molecule has 0 aliphatic carbocycles. The summed E-state index contributed by atoms with van der Waals surface area (Å²) in [5.41, 5.74) is 3.26. The number of nitrogens with zero attached hydrogens (tertiary/aromatic N) is 2. The van der Waals surface area contributed by atoms with E-state index in [1.807, 2.05) is 42.6 Å². The van der Waals surface area contributed by atoms with Gasteiger partial charge < -0.3 is 20.1 Å². The van der Waals surface area contributed by atoms with Crippen LogP contribution in [0.4, 0.5) is 11.4 Å². The van der Waals surface area contributed by atoms with Crippen LogP contribution in [0.25, 0.3) is 5.69 Å². The van der Waals surface area contributed by atoms with Crippen molar-refractivity contribution in [1.29, 1.82) is 0 Å². The van der Waals surface area contributed by atoms with E-state index in [9.17, 15) is 14.4 Å². The minimum atomic E-state index is -0.481. The zero-order chi connectivity index (χ0) is 26.0. The van der Waals surface area contributed by atoms with Gasteiger partial charge in [0.25, 0.3) is 11.8 Å². The van der Waals surface area contributed by atoms with Crippen LogP contribution in [0.5, 0.6) is 5.75 Å². The Morgan fingerprint density at radius 1 is 0.892 bits per heavy atom. The summed E-state index contributed by atoms with van der Waals surface area (Å²) in [6.07, 6.45) is 4.14. The summed E-state index contributed by atoms with van der Waals surface area (Å²) in [7, 11) is 1.53. The van der Waals surface area contributed by atoms with Gasteiger partial charge in [0, 0.05) is 23.9 Å². The molecular weight excluding hydrogens is 472 g/mol. The maximum absolute atomic E-state index is 12.5. The molecule has 2 N–H and O–H groups in total. The monoisotopic (exact) mass is 498 g/mol. The van der Waals surface area contributed by atoms with E-state index in [0.29, 0.717) is 29.1 Å². The van der Waals surface area contributed by atoms with Gasteiger partial charge in [-0.15, -0.1) is 0 Å². The highest BCUT2D eigenvalue weighted by Gasteiger charge is 2.12. The zero-order valence-electron chi connectivity index (χ0n) is 20.2. The second kappa shape index (κ2) is 12.2. The molecule has 9 heteroatoms. The van der Waals surface area contributed by atoms with E-state index in [2.05, 4.69) is 15.7 Å². The molecule has 0 radical (unpaired) electrons. The van der Waals surface area contributed by atoms with Crippen molar-refractivity contribution in [3.63, 3.8) is 0 Å². The number of ether oxygens (including phenoxy) is 2. The summed E-state index contributed by atoms with van der Waals surface area (Å²) in [6, 6.07) is 23.1. The summed E-state index contributed by atoms with van der Waals surface area (Å²) in [6.45, 7) is -0.405. The van der Waals surface area contributed by atoms with Crippen LogP contribution in [0, 0.1) is 0 Å². The predicted molar refractivity (Wildman–Crippen MR) is 139 cm³/mol. The Hall–Kier alpha value is -4.92. The first kappa shape index (κ1) is 25.2. The summed E-state index contributed by atoms with van der Waals surface area (Å²) in [4.78, 5) is 36.8. The molecule has 4 aromatic rings. The van der Waals surface area contributed by atoms with Gasteiger partial charge in [0.05, 0.1) is 24.7 Å². The SMILES string of the molecule is COc1ccccc1NC(=O)c1ccc(NC(=O)COC(=O)CCc2cnn(-c3ccccc3)c2)cc1. The minimum absolute atomic E-state index is 0.129. The van der Waals surface area contributed by atoms with Crippen molar-refractivity contribution in [2.24, 2.45) is 0 Å². The number of hydrogen-bond acceptors (Lipinski definition) is 6. The van der Waals surface area contributed by atoms with Gasteiger partial charge in [0.15, 0.2) is 6.61 Å². The fraction of sp³-hybridized carbons (Fsp3) is 0.143. The fourth-order valence-corrected chi connectivity index (χ4v) is 3.52. The fourth-order valence-electron chi connectivity index (χ4n) is 3.52. The van der Waals surface area contributed by atoms with Gasteiger partial charge in [-0.05, 0) is 60.5 Å². The predicted octanol–water partition coefficient (Wildman–Crippen LogP) is 4.25. The second-order valence-electron chi connectivity index (χ2n) is 8.07. The second-order valence-corrected chi connectivity index (χ2v) is 8.07. The van der Waals surface area contributed by atoms with Gasteiger partial charge in [-0.25, -0.2) is 4.68 Å². The standard InChI is InChI=1S/C28H26N4O5/c1-36-25-10-6-5-9-24(25)31-28(35)21-12-14-22(15-13-21)30-26(33)19-37-27(34)16-11-20-17-29-32(18-20)23-7-3-2-4-8-23/h2-10,12-15,17-18H,11,16,19H2,1H3,(H,30,33)(H,31,35). The normalized spacial score (nSPS) is 10.4. The number of hydrogen-bond donors (Lipinski definition) is 2. The third-order valence-corrected chi connectivity index (χ3v) is 5.42. The average Bonchev–Trinajstić information content (AvgIpc) is 3.41. The molecule has 0 atom stereocenters. The number of benzene rings is 3. The minimum Gasteiger partial charge on any atom is -0.495 e. The van der Waals surface area contributed by atoms with Gasteiger partial charge in [-0.3, -0.25) is 14.4 Å². The Bertz CT molecular complexity index is 1370. The molecule has 0 fully saturated rings. The molecule has 1 aromatic heterocycles. The maximum Gasteiger partial charge on any atom is 0.306 e. The van der Waals surface area contributed by atoms with Crippen molar-refractivity contribution in [3.8, 4) is 11.4 Å². The van der Waals surface area contributed by atoms with Gasteiger partial charge in [0.1, 0.15) is 5.75 Å². The number of amides is 2. The van der Waals surface area contributed by atoms with Gasteiger partial charge in [-0.1, -0.05) is 30.3 Å². The first-order valence-corrected chi connectivity index (χ1v) is 11.6. The Kier molecular flexibility index (Phi) is 8.28. The van der Waals surface area contributed by atoms with E-state index in [0.717, 1.165) is 11.3 Å². The Morgan fingerprint density at radius 2 is 1.62 bits per heavy atom. The van der Waals surface area contributed by atoms with Gasteiger partial charge in [0.2, 0.25) is 0 Å². The van der Waals surface area contributed by atoms with Crippen molar-refractivity contribution in [2.75, 3.05) is 24.4 Å². The number of carbonyl (C=O) groups excluding carboxylic acids is 3. The lowest BCUT2D eigenvalue weighted by molar-refractivity contribution is -0.147. The summed E-state index contributed by atoms with van der Waals surface area (Å²) >= 11 is 0. The van der Waals surface area contributed by atoms with Crippen LogP contribution >= 0.6 is 0 Å². The van der Waals surface area contributed by atoms with Crippen LogP contribution in [0.2, 0.25) is 0 Å². The molecule has 0 aliphatic rings. The highest BCUT2D eigenvalue weighted by atomic mass is 16.5. The van der Waals surface area contributed by atoms with Crippen LogP contribution in [0.1, 0.15) is 22.3 Å². The van der Waals surface area contributed by atoms with Crippen molar-refractivity contribution < 1.29 is 23.9 Å². The van der Waals surface area contributed by atoms with Crippen molar-refractivity contribution in [3.05, 3.63) is 102 Å². The number of carbonyl (C=O) groups is 3. The lowest BCUT2D eigenvalue weighted by atomic mass is 10.2. The quantitative estimate of drug-likeness (QED) is 0.316. The van der Waals surface area contributed by atoms with Gasteiger partial charge in [-0.2, -0.15) is 5.10 Å². The lowest BCUT2D eigenvalue weighted by Gasteiger charge is -2.10. The Morgan fingerprint density at radius 3 is 2.38 bits per heavy atom. The molecule has 188 valence electrons. The highest BCUT2D eigenvalue weighted by molar-refractivity contribution is 6.05. The third-order valence-electron chi connectivity index (χ3n) is 5.42. The maximum atomic E-state index is 12.5. The topological polar surface area (TPSA) is 112 Å². The molecule has 0 unspecified atom stereocenters. The van der Waals surface area contributed by atoms with E-state index < -0.39 is 18.5 Å². The third kappa shape index (κ3) is 7.04. The Labute approximate surface area is 214 Å². The molecule has 0 bridgehead atoms. The largest absolute Gasteiger partial charge is 0.495 e. The lowest BCUT2D eigenvalue weighted by Crippen LogP contribution is -2.21. The Balaban J connectivity index is 1.20. The van der Waals surface area contributed by atoms with E-state index in [1.165, 1.54) is 7.11 Å². The van der Waals surface area contributed by atoms with Crippen molar-refractivity contribution in [2.45, 2.75) is 12.8 Å². The van der Waals surface area contributed by atoms with E-state index in [1.54, 1.807) is 53.3 Å². The first-order chi connectivity index (χ1) is 18.0. The molecule has 2 amide bonds. The summed E-state index contributed by atoms with van der Waals surface area (Å²) in [5, 5.41) is 9.74. The molecule has 0 aliphatic heterocycles. The van der Waals surface area contributed by atoms with E-state index in [-0.39, 0.29) is 12.3 Å². The van der Waals surface area contributed by atoms with Crippen molar-refractivity contribution in [1.82, 2.24) is 9.78 Å². The van der Waals surface area contributed by atoms with E-state index in [4.69, 9.17) is 9.47 Å². The van der Waals surface area contributed by atoms with E-state index >= 15 is 0 Å². The van der Waals surface area contributed by atoms with Crippen LogP contribution in [-0.4, -0.2) is 41.3 Å². The van der Waals surface area contributed by atoms with Crippen LogP contribution in [0.15, 0.2) is 91.3 Å². The number of nitrogens with one attached hydrogen (secondary N) is 2. The number of esters is 1. The smallest absolute Gasteiger partial charge is 0.306 e. The molecule has 0 spiro atoms.